The van der Waals surface area contributed by atoms with Gasteiger partial charge >= 0.3 is 0 Å². The fourth-order valence-electron chi connectivity index (χ4n) is 3.20. The minimum absolute atomic E-state index is 0.0329. The Morgan fingerprint density at radius 3 is 2.30 bits per heavy atom. The van der Waals surface area contributed by atoms with E-state index in [2.05, 4.69) is 10.2 Å². The van der Waals surface area contributed by atoms with Gasteiger partial charge in [0.25, 0.3) is 0 Å². The monoisotopic (exact) mass is 367 g/mol. The molecule has 2 aromatic rings. The molecule has 2 aromatic carbocycles. The number of carbonyl (C=O) groups is 2. The van der Waals surface area contributed by atoms with Crippen LogP contribution in [0.25, 0.3) is 0 Å². The van der Waals surface area contributed by atoms with Crippen LogP contribution < -0.4 is 15.0 Å². The zero-order chi connectivity index (χ0) is 19.2. The van der Waals surface area contributed by atoms with Crippen molar-refractivity contribution in [3.63, 3.8) is 0 Å². The van der Waals surface area contributed by atoms with E-state index in [9.17, 15) is 9.59 Å². The van der Waals surface area contributed by atoms with Crippen LogP contribution in [0.15, 0.2) is 48.5 Å². The van der Waals surface area contributed by atoms with Gasteiger partial charge in [-0.05, 0) is 43.3 Å². The molecule has 27 heavy (non-hydrogen) atoms. The van der Waals surface area contributed by atoms with Crippen molar-refractivity contribution in [2.75, 3.05) is 50.1 Å². The second kappa shape index (κ2) is 8.58. The molecule has 0 saturated carbocycles. The van der Waals surface area contributed by atoms with E-state index in [0.717, 1.165) is 30.2 Å². The molecule has 1 fully saturated rings. The fraction of sp³-hybridized carbons (Fsp3) is 0.333. The molecule has 6 nitrogen and oxygen atoms in total. The summed E-state index contributed by atoms with van der Waals surface area (Å²) in [6.07, 6.45) is 0. The lowest BCUT2D eigenvalue weighted by molar-refractivity contribution is -0.129. The van der Waals surface area contributed by atoms with Gasteiger partial charge in [-0.25, -0.2) is 0 Å². The number of rotatable bonds is 6. The van der Waals surface area contributed by atoms with Gasteiger partial charge in [-0.3, -0.25) is 9.59 Å². The van der Waals surface area contributed by atoms with Gasteiger partial charge in [0.05, 0.1) is 19.3 Å². The van der Waals surface area contributed by atoms with Crippen molar-refractivity contribution in [2.24, 2.45) is 0 Å². The van der Waals surface area contributed by atoms with Crippen LogP contribution in [0.5, 0.6) is 5.75 Å². The van der Waals surface area contributed by atoms with E-state index >= 15 is 0 Å². The van der Waals surface area contributed by atoms with E-state index in [-0.39, 0.29) is 18.2 Å². The van der Waals surface area contributed by atoms with E-state index < -0.39 is 0 Å². The predicted octanol–water partition coefficient (Wildman–Crippen LogP) is 2.66. The average molecular weight is 367 g/mol. The van der Waals surface area contributed by atoms with E-state index in [1.54, 1.807) is 19.2 Å². The summed E-state index contributed by atoms with van der Waals surface area (Å²) >= 11 is 0. The molecule has 0 spiro atoms. The Kier molecular flexibility index (Phi) is 5.96. The first kappa shape index (κ1) is 18.8. The Balaban J connectivity index is 1.50. The summed E-state index contributed by atoms with van der Waals surface area (Å²) in [6, 6.07) is 15.1. The standard InChI is InChI=1S/C21H25N3O3/c1-16(25)17-7-9-18(10-8-17)22-15-21(26)24-13-11-23(12-14-24)19-5-3-4-6-20(19)27-2/h3-10,22H,11-15H2,1-2H3. The number of carbonyl (C=O) groups excluding carboxylic acids is 2. The van der Waals surface area contributed by atoms with Gasteiger partial charge in [0, 0.05) is 37.4 Å². The molecule has 0 unspecified atom stereocenters. The molecule has 1 aliphatic heterocycles. The summed E-state index contributed by atoms with van der Waals surface area (Å²) in [7, 11) is 1.67. The zero-order valence-corrected chi connectivity index (χ0v) is 15.8. The lowest BCUT2D eigenvalue weighted by Crippen LogP contribution is -2.50. The van der Waals surface area contributed by atoms with Gasteiger partial charge < -0.3 is 19.9 Å². The number of Topliss-reactive ketones (excluding diaryl/α,β-unsaturated/α-hetero) is 1. The molecular formula is C21H25N3O3. The first-order valence-electron chi connectivity index (χ1n) is 9.09. The van der Waals surface area contributed by atoms with Crippen LogP contribution in [0.3, 0.4) is 0 Å². The largest absolute Gasteiger partial charge is 0.495 e. The molecule has 142 valence electrons. The Morgan fingerprint density at radius 1 is 1.00 bits per heavy atom. The number of methoxy groups -OCH3 is 1. The second-order valence-corrected chi connectivity index (χ2v) is 6.53. The van der Waals surface area contributed by atoms with Crippen LogP contribution in [0, 0.1) is 0 Å². The van der Waals surface area contributed by atoms with Crippen LogP contribution in [0.4, 0.5) is 11.4 Å². The summed E-state index contributed by atoms with van der Waals surface area (Å²) in [5.74, 6) is 0.962. The van der Waals surface area contributed by atoms with Crippen molar-refractivity contribution in [3.8, 4) is 5.75 Å². The highest BCUT2D eigenvalue weighted by atomic mass is 16.5. The molecular weight excluding hydrogens is 342 g/mol. The van der Waals surface area contributed by atoms with E-state index in [1.807, 2.05) is 41.3 Å². The SMILES string of the molecule is COc1ccccc1N1CCN(C(=O)CNc2ccc(C(C)=O)cc2)CC1. The summed E-state index contributed by atoms with van der Waals surface area (Å²) < 4.78 is 5.43. The van der Waals surface area contributed by atoms with Crippen LogP contribution in [0.1, 0.15) is 17.3 Å². The van der Waals surface area contributed by atoms with Gasteiger partial charge in [0.1, 0.15) is 5.75 Å². The van der Waals surface area contributed by atoms with Crippen molar-refractivity contribution in [1.82, 2.24) is 4.90 Å². The van der Waals surface area contributed by atoms with Gasteiger partial charge in [-0.1, -0.05) is 12.1 Å². The van der Waals surface area contributed by atoms with Crippen molar-refractivity contribution >= 4 is 23.1 Å². The lowest BCUT2D eigenvalue weighted by Gasteiger charge is -2.36. The molecule has 1 saturated heterocycles. The van der Waals surface area contributed by atoms with Gasteiger partial charge in [0.15, 0.2) is 5.78 Å². The Hall–Kier alpha value is -3.02. The maximum Gasteiger partial charge on any atom is 0.241 e. The minimum Gasteiger partial charge on any atom is -0.495 e. The highest BCUT2D eigenvalue weighted by molar-refractivity contribution is 5.94. The van der Waals surface area contributed by atoms with E-state index in [4.69, 9.17) is 4.74 Å². The topological polar surface area (TPSA) is 61.9 Å². The van der Waals surface area contributed by atoms with E-state index in [0.29, 0.717) is 18.7 Å². The molecule has 3 rings (SSSR count). The molecule has 1 heterocycles. The number of anilines is 2. The van der Waals surface area contributed by atoms with Crippen LogP contribution in [0.2, 0.25) is 0 Å². The highest BCUT2D eigenvalue weighted by Crippen LogP contribution is 2.28. The summed E-state index contributed by atoms with van der Waals surface area (Å²) in [6.45, 7) is 4.70. The van der Waals surface area contributed by atoms with Gasteiger partial charge in [-0.2, -0.15) is 0 Å². The predicted molar refractivity (Wildman–Crippen MR) is 107 cm³/mol. The third-order valence-electron chi connectivity index (χ3n) is 4.79. The van der Waals surface area contributed by atoms with Crippen molar-refractivity contribution < 1.29 is 14.3 Å². The van der Waals surface area contributed by atoms with Crippen LogP contribution in [-0.2, 0) is 4.79 Å². The second-order valence-electron chi connectivity index (χ2n) is 6.53. The van der Waals surface area contributed by atoms with Gasteiger partial charge in [-0.15, -0.1) is 0 Å². The van der Waals surface area contributed by atoms with Crippen molar-refractivity contribution in [3.05, 3.63) is 54.1 Å². The summed E-state index contributed by atoms with van der Waals surface area (Å²) in [4.78, 5) is 27.9. The molecule has 1 N–H and O–H groups in total. The quantitative estimate of drug-likeness (QED) is 0.796. The van der Waals surface area contributed by atoms with Crippen molar-refractivity contribution in [1.29, 1.82) is 0 Å². The molecule has 1 aliphatic rings. The summed E-state index contributed by atoms with van der Waals surface area (Å²) in [5.41, 5.74) is 2.57. The molecule has 0 bridgehead atoms. The van der Waals surface area contributed by atoms with Gasteiger partial charge in [0.2, 0.25) is 5.91 Å². The number of ether oxygens (including phenoxy) is 1. The van der Waals surface area contributed by atoms with Crippen LogP contribution in [-0.4, -0.2) is 56.4 Å². The summed E-state index contributed by atoms with van der Waals surface area (Å²) in [5, 5.41) is 3.13. The third kappa shape index (κ3) is 4.58. The molecule has 1 amide bonds. The number of amides is 1. The number of nitrogens with zero attached hydrogens (tertiary/aromatic N) is 2. The Bertz CT molecular complexity index is 797. The number of hydrogen-bond acceptors (Lipinski definition) is 5. The number of benzene rings is 2. The molecule has 6 heteroatoms. The molecule has 0 radical (unpaired) electrons. The smallest absolute Gasteiger partial charge is 0.241 e. The number of ketones is 1. The van der Waals surface area contributed by atoms with E-state index in [1.165, 1.54) is 6.92 Å². The first-order valence-corrected chi connectivity index (χ1v) is 9.09. The lowest BCUT2D eigenvalue weighted by atomic mass is 10.1. The highest BCUT2D eigenvalue weighted by Gasteiger charge is 2.22. The molecule has 0 aromatic heterocycles. The number of hydrogen-bond donors (Lipinski definition) is 1. The Labute approximate surface area is 159 Å². The first-order chi connectivity index (χ1) is 13.1. The number of nitrogens with one attached hydrogen (secondary N) is 1. The minimum atomic E-state index is 0.0329. The fourth-order valence-corrected chi connectivity index (χ4v) is 3.20. The molecule has 0 atom stereocenters. The third-order valence-corrected chi connectivity index (χ3v) is 4.79. The zero-order valence-electron chi connectivity index (χ0n) is 15.8. The average Bonchev–Trinajstić information content (AvgIpc) is 2.72. The molecule has 0 aliphatic carbocycles. The van der Waals surface area contributed by atoms with Crippen LogP contribution >= 0.6 is 0 Å². The maximum atomic E-state index is 12.5. The number of para-hydroxylation sites is 2. The normalized spacial score (nSPS) is 14.0. The van der Waals surface area contributed by atoms with Crippen molar-refractivity contribution in [2.45, 2.75) is 6.92 Å². The maximum absolute atomic E-state index is 12.5. The Morgan fingerprint density at radius 2 is 1.67 bits per heavy atom. The number of piperazine rings is 1.